The van der Waals surface area contributed by atoms with Crippen molar-refractivity contribution >= 4 is 39.4 Å². The Morgan fingerprint density at radius 2 is 1.89 bits per heavy atom. The highest BCUT2D eigenvalue weighted by Gasteiger charge is 2.10. The maximum absolute atomic E-state index is 5.81. The second-order valence-corrected chi connectivity index (χ2v) is 5.46. The van der Waals surface area contributed by atoms with Gasteiger partial charge in [-0.1, -0.05) is 0 Å². The summed E-state index contributed by atoms with van der Waals surface area (Å²) >= 11 is 2.27. The van der Waals surface area contributed by atoms with E-state index in [4.69, 9.17) is 10.2 Å². The van der Waals surface area contributed by atoms with Crippen LogP contribution >= 0.6 is 22.6 Å². The topological polar surface area (TPSA) is 52.0 Å². The van der Waals surface area contributed by atoms with Crippen molar-refractivity contribution in [2.75, 3.05) is 5.73 Å². The number of hydrogen-bond donors (Lipinski definition) is 1. The lowest BCUT2D eigenvalue weighted by atomic mass is 10.2. The number of aromatic nitrogens is 1. The first-order valence-electron chi connectivity index (χ1n) is 5.56. The van der Waals surface area contributed by atoms with Crippen LogP contribution in [0.3, 0.4) is 0 Å². The van der Waals surface area contributed by atoms with E-state index in [9.17, 15) is 0 Å². The van der Waals surface area contributed by atoms with E-state index in [2.05, 4.69) is 27.6 Å². The van der Waals surface area contributed by atoms with Gasteiger partial charge in [0.2, 0.25) is 5.89 Å². The third-order valence-electron chi connectivity index (χ3n) is 2.79. The summed E-state index contributed by atoms with van der Waals surface area (Å²) in [7, 11) is 0. The summed E-state index contributed by atoms with van der Waals surface area (Å²) in [5.41, 5.74) is 10.1. The number of rotatable bonds is 1. The van der Waals surface area contributed by atoms with Crippen molar-refractivity contribution in [1.29, 1.82) is 0 Å². The predicted octanol–water partition coefficient (Wildman–Crippen LogP) is 3.99. The first-order valence-corrected chi connectivity index (χ1v) is 6.64. The molecule has 4 heteroatoms. The van der Waals surface area contributed by atoms with Gasteiger partial charge in [-0.15, -0.1) is 0 Å². The summed E-state index contributed by atoms with van der Waals surface area (Å²) in [6, 6.07) is 11.8. The molecule has 2 aromatic carbocycles. The van der Waals surface area contributed by atoms with Gasteiger partial charge < -0.3 is 10.2 Å². The second kappa shape index (κ2) is 4.28. The van der Waals surface area contributed by atoms with Crippen molar-refractivity contribution in [3.63, 3.8) is 0 Å². The minimum atomic E-state index is 0.634. The van der Waals surface area contributed by atoms with Crippen LogP contribution in [0.5, 0.6) is 0 Å². The number of halogens is 1. The summed E-state index contributed by atoms with van der Waals surface area (Å²) in [4.78, 5) is 4.49. The lowest BCUT2D eigenvalue weighted by molar-refractivity contribution is 0.617. The molecular weight excluding hydrogens is 339 g/mol. The Balaban J connectivity index is 2.19. The number of nitrogens with zero attached hydrogens (tertiary/aromatic N) is 1. The van der Waals surface area contributed by atoms with Gasteiger partial charge in [-0.3, -0.25) is 0 Å². The van der Waals surface area contributed by atoms with Crippen molar-refractivity contribution in [3.05, 3.63) is 45.5 Å². The molecule has 0 aliphatic carbocycles. The molecular formula is C14H11IN2O. The van der Waals surface area contributed by atoms with E-state index in [0.29, 0.717) is 11.6 Å². The third-order valence-corrected chi connectivity index (χ3v) is 3.51. The van der Waals surface area contributed by atoms with E-state index in [-0.39, 0.29) is 0 Å². The monoisotopic (exact) mass is 350 g/mol. The Kier molecular flexibility index (Phi) is 2.74. The highest BCUT2D eigenvalue weighted by Crippen LogP contribution is 2.28. The Morgan fingerprint density at radius 1 is 1.17 bits per heavy atom. The zero-order valence-electron chi connectivity index (χ0n) is 9.77. The SMILES string of the molecule is Cc1cc(N)cc2nc(-c3ccc(I)cc3)oc12. The number of benzene rings is 2. The van der Waals surface area contributed by atoms with Crippen LogP contribution in [-0.2, 0) is 0 Å². The number of aryl methyl sites for hydroxylation is 1. The van der Waals surface area contributed by atoms with Crippen LogP contribution in [0.2, 0.25) is 0 Å². The van der Waals surface area contributed by atoms with Gasteiger partial charge in [0, 0.05) is 14.8 Å². The molecule has 1 aromatic heterocycles. The van der Waals surface area contributed by atoms with Crippen LogP contribution in [0.15, 0.2) is 40.8 Å². The van der Waals surface area contributed by atoms with Gasteiger partial charge in [0.05, 0.1) is 0 Å². The fraction of sp³-hybridized carbons (Fsp3) is 0.0714. The van der Waals surface area contributed by atoms with Gasteiger partial charge >= 0.3 is 0 Å². The molecule has 1 heterocycles. The average molecular weight is 350 g/mol. The highest BCUT2D eigenvalue weighted by atomic mass is 127. The fourth-order valence-corrected chi connectivity index (χ4v) is 2.30. The molecule has 0 aliphatic rings. The van der Waals surface area contributed by atoms with Gasteiger partial charge in [0.15, 0.2) is 5.58 Å². The molecule has 0 bridgehead atoms. The average Bonchev–Trinajstić information content (AvgIpc) is 2.74. The number of fused-ring (bicyclic) bond motifs is 1. The van der Waals surface area contributed by atoms with Crippen LogP contribution in [0.4, 0.5) is 5.69 Å². The van der Waals surface area contributed by atoms with Crippen LogP contribution in [-0.4, -0.2) is 4.98 Å². The normalized spacial score (nSPS) is 11.0. The summed E-state index contributed by atoms with van der Waals surface area (Å²) < 4.78 is 7.00. The maximum atomic E-state index is 5.81. The predicted molar refractivity (Wildman–Crippen MR) is 81.3 cm³/mol. The molecule has 0 fully saturated rings. The Morgan fingerprint density at radius 3 is 2.61 bits per heavy atom. The molecule has 0 atom stereocenters. The van der Waals surface area contributed by atoms with E-state index in [1.165, 1.54) is 3.57 Å². The molecule has 18 heavy (non-hydrogen) atoms. The molecule has 0 amide bonds. The number of hydrogen-bond acceptors (Lipinski definition) is 3. The van der Waals surface area contributed by atoms with E-state index in [1.807, 2.05) is 43.3 Å². The largest absolute Gasteiger partial charge is 0.436 e. The second-order valence-electron chi connectivity index (χ2n) is 4.21. The van der Waals surface area contributed by atoms with E-state index < -0.39 is 0 Å². The van der Waals surface area contributed by atoms with Crippen LogP contribution in [0.1, 0.15) is 5.56 Å². The van der Waals surface area contributed by atoms with E-state index in [0.717, 1.165) is 22.2 Å². The van der Waals surface area contributed by atoms with Crippen molar-refractivity contribution < 1.29 is 4.42 Å². The maximum Gasteiger partial charge on any atom is 0.227 e. The Hall–Kier alpha value is -1.56. The first kappa shape index (κ1) is 11.5. The van der Waals surface area contributed by atoms with Crippen molar-refractivity contribution in [2.24, 2.45) is 0 Å². The Bertz CT molecular complexity index is 716. The molecule has 0 saturated heterocycles. The molecule has 0 saturated carbocycles. The summed E-state index contributed by atoms with van der Waals surface area (Å²) in [5.74, 6) is 0.634. The summed E-state index contributed by atoms with van der Waals surface area (Å²) in [5, 5.41) is 0. The van der Waals surface area contributed by atoms with Gasteiger partial charge in [-0.2, -0.15) is 0 Å². The fourth-order valence-electron chi connectivity index (χ4n) is 1.94. The molecule has 0 spiro atoms. The molecule has 0 radical (unpaired) electrons. The molecule has 2 N–H and O–H groups in total. The first-order chi connectivity index (χ1) is 8.63. The molecule has 0 unspecified atom stereocenters. The van der Waals surface area contributed by atoms with Crippen molar-refractivity contribution in [3.8, 4) is 11.5 Å². The minimum absolute atomic E-state index is 0.634. The number of oxazole rings is 1. The van der Waals surface area contributed by atoms with Crippen LogP contribution in [0, 0.1) is 10.5 Å². The van der Waals surface area contributed by atoms with E-state index >= 15 is 0 Å². The van der Waals surface area contributed by atoms with Crippen LogP contribution in [0.25, 0.3) is 22.6 Å². The quantitative estimate of drug-likeness (QED) is 0.533. The summed E-state index contributed by atoms with van der Waals surface area (Å²) in [6.07, 6.45) is 0. The van der Waals surface area contributed by atoms with Gasteiger partial charge in [0.25, 0.3) is 0 Å². The zero-order chi connectivity index (χ0) is 12.7. The van der Waals surface area contributed by atoms with Gasteiger partial charge in [-0.25, -0.2) is 4.98 Å². The number of nitrogen functional groups attached to an aromatic ring is 1. The molecule has 3 rings (SSSR count). The lowest BCUT2D eigenvalue weighted by Crippen LogP contribution is -1.85. The van der Waals surface area contributed by atoms with E-state index in [1.54, 1.807) is 0 Å². The van der Waals surface area contributed by atoms with Crippen molar-refractivity contribution in [1.82, 2.24) is 4.98 Å². The highest BCUT2D eigenvalue weighted by molar-refractivity contribution is 14.1. The molecule has 3 aromatic rings. The number of nitrogens with two attached hydrogens (primary N) is 1. The standard InChI is InChI=1S/C14H11IN2O/c1-8-6-11(16)7-12-13(8)18-14(17-12)9-2-4-10(15)5-3-9/h2-7H,16H2,1H3. The number of anilines is 1. The minimum Gasteiger partial charge on any atom is -0.436 e. The third kappa shape index (κ3) is 1.96. The van der Waals surface area contributed by atoms with Crippen molar-refractivity contribution in [2.45, 2.75) is 6.92 Å². The molecule has 3 nitrogen and oxygen atoms in total. The zero-order valence-corrected chi connectivity index (χ0v) is 11.9. The van der Waals surface area contributed by atoms with Gasteiger partial charge in [0.1, 0.15) is 5.52 Å². The Labute approximate surface area is 118 Å². The summed E-state index contributed by atoms with van der Waals surface area (Å²) in [6.45, 7) is 1.97. The lowest BCUT2D eigenvalue weighted by Gasteiger charge is -1.95. The van der Waals surface area contributed by atoms with Crippen LogP contribution < -0.4 is 5.73 Å². The molecule has 90 valence electrons. The van der Waals surface area contributed by atoms with Gasteiger partial charge in [-0.05, 0) is 71.5 Å². The molecule has 0 aliphatic heterocycles. The smallest absolute Gasteiger partial charge is 0.227 e.